The number of amides is 1. The number of hydrogen-bond donors (Lipinski definition) is 2. The predicted octanol–water partition coefficient (Wildman–Crippen LogP) is 0.805. The fourth-order valence-electron chi connectivity index (χ4n) is 0.915. The van der Waals surface area contributed by atoms with Crippen LogP contribution in [0.4, 0.5) is 13.2 Å². The minimum Gasteiger partial charge on any atom is -0.352 e. The Labute approximate surface area is 80.0 Å². The maximum absolute atomic E-state index is 11.8. The van der Waals surface area contributed by atoms with E-state index in [1.807, 2.05) is 0 Å². The zero-order valence-corrected chi connectivity index (χ0v) is 7.82. The zero-order valence-electron chi connectivity index (χ0n) is 7.82. The molecule has 0 aliphatic heterocycles. The van der Waals surface area contributed by atoms with Crippen molar-refractivity contribution in [3.8, 4) is 0 Å². The molecule has 0 heterocycles. The van der Waals surface area contributed by atoms with Gasteiger partial charge in [0.05, 0.1) is 12.6 Å². The molecule has 1 rings (SSSR count). The molecular weight excluding hydrogens is 197 g/mol. The molecule has 3 nitrogen and oxygen atoms in total. The van der Waals surface area contributed by atoms with Gasteiger partial charge in [0.1, 0.15) is 0 Å². The Balaban J connectivity index is 2.19. The first-order valence-corrected chi connectivity index (χ1v) is 4.49. The largest absolute Gasteiger partial charge is 0.401 e. The average molecular weight is 210 g/mol. The maximum Gasteiger partial charge on any atom is 0.401 e. The van der Waals surface area contributed by atoms with Crippen LogP contribution in [0.2, 0.25) is 0 Å². The number of rotatable bonds is 4. The third-order valence-corrected chi connectivity index (χ3v) is 1.93. The van der Waals surface area contributed by atoms with Gasteiger partial charge in [-0.25, -0.2) is 0 Å². The van der Waals surface area contributed by atoms with Crippen molar-refractivity contribution in [2.75, 3.05) is 6.54 Å². The van der Waals surface area contributed by atoms with E-state index in [0.29, 0.717) is 0 Å². The van der Waals surface area contributed by atoms with E-state index >= 15 is 0 Å². The van der Waals surface area contributed by atoms with Crippen molar-refractivity contribution in [1.82, 2.24) is 10.6 Å². The van der Waals surface area contributed by atoms with Gasteiger partial charge < -0.3 is 5.32 Å². The van der Waals surface area contributed by atoms with Gasteiger partial charge in [-0.1, -0.05) is 0 Å². The lowest BCUT2D eigenvalue weighted by Gasteiger charge is -2.14. The summed E-state index contributed by atoms with van der Waals surface area (Å²) in [7, 11) is 0. The molecule has 0 bridgehead atoms. The molecule has 1 aliphatic rings. The van der Waals surface area contributed by atoms with Crippen LogP contribution < -0.4 is 10.6 Å². The summed E-state index contributed by atoms with van der Waals surface area (Å²) >= 11 is 0. The minimum atomic E-state index is -4.27. The van der Waals surface area contributed by atoms with Crippen LogP contribution in [-0.4, -0.2) is 30.7 Å². The topological polar surface area (TPSA) is 41.1 Å². The molecule has 14 heavy (non-hydrogen) atoms. The zero-order chi connectivity index (χ0) is 10.8. The fourth-order valence-corrected chi connectivity index (χ4v) is 0.915. The summed E-state index contributed by atoms with van der Waals surface area (Å²) in [6, 6.07) is -0.616. The SMILES string of the molecule is CC(NCC(F)(F)F)C(=O)NC1CC1. The second kappa shape index (κ2) is 4.16. The van der Waals surface area contributed by atoms with E-state index < -0.39 is 18.8 Å². The molecule has 1 amide bonds. The van der Waals surface area contributed by atoms with Gasteiger partial charge in [0.25, 0.3) is 0 Å². The Hall–Kier alpha value is -0.780. The molecule has 2 N–H and O–H groups in total. The predicted molar refractivity (Wildman–Crippen MR) is 44.7 cm³/mol. The molecule has 0 spiro atoms. The quantitative estimate of drug-likeness (QED) is 0.720. The highest BCUT2D eigenvalue weighted by Gasteiger charge is 2.30. The van der Waals surface area contributed by atoms with E-state index in [2.05, 4.69) is 10.6 Å². The summed E-state index contributed by atoms with van der Waals surface area (Å²) in [4.78, 5) is 11.2. The summed E-state index contributed by atoms with van der Waals surface area (Å²) in [6.07, 6.45) is -2.41. The minimum absolute atomic E-state index is 0.178. The molecule has 0 aromatic heterocycles. The van der Waals surface area contributed by atoms with Crippen LogP contribution >= 0.6 is 0 Å². The number of hydrogen-bond acceptors (Lipinski definition) is 2. The molecule has 0 radical (unpaired) electrons. The van der Waals surface area contributed by atoms with Crippen molar-refractivity contribution in [1.29, 1.82) is 0 Å². The van der Waals surface area contributed by atoms with Gasteiger partial charge >= 0.3 is 6.18 Å². The summed E-state index contributed by atoms with van der Waals surface area (Å²) in [5.41, 5.74) is 0. The first-order chi connectivity index (χ1) is 6.38. The van der Waals surface area contributed by atoms with E-state index in [-0.39, 0.29) is 11.9 Å². The Morgan fingerprint density at radius 3 is 2.50 bits per heavy atom. The summed E-state index contributed by atoms with van der Waals surface area (Å²) in [5, 5.41) is 4.74. The monoisotopic (exact) mass is 210 g/mol. The molecule has 6 heteroatoms. The van der Waals surface area contributed by atoms with Crippen molar-refractivity contribution in [3.05, 3.63) is 0 Å². The van der Waals surface area contributed by atoms with Crippen molar-refractivity contribution in [2.45, 2.75) is 38.0 Å². The maximum atomic E-state index is 11.8. The van der Waals surface area contributed by atoms with Gasteiger partial charge in [-0.15, -0.1) is 0 Å². The lowest BCUT2D eigenvalue weighted by atomic mass is 10.3. The summed E-state index contributed by atoms with van der Waals surface area (Å²) < 4.78 is 35.3. The van der Waals surface area contributed by atoms with Crippen LogP contribution in [0, 0.1) is 0 Å². The van der Waals surface area contributed by atoms with Gasteiger partial charge in [0.2, 0.25) is 5.91 Å². The fraction of sp³-hybridized carbons (Fsp3) is 0.875. The Bertz CT molecular complexity index is 213. The Morgan fingerprint density at radius 1 is 1.50 bits per heavy atom. The van der Waals surface area contributed by atoms with Gasteiger partial charge in [-0.2, -0.15) is 13.2 Å². The molecule has 82 valence electrons. The molecule has 1 fully saturated rings. The third-order valence-electron chi connectivity index (χ3n) is 1.93. The highest BCUT2D eigenvalue weighted by atomic mass is 19.4. The lowest BCUT2D eigenvalue weighted by molar-refractivity contribution is -0.131. The van der Waals surface area contributed by atoms with Crippen LogP contribution in [0.1, 0.15) is 19.8 Å². The molecule has 1 atom stereocenters. The van der Waals surface area contributed by atoms with Crippen molar-refractivity contribution in [3.63, 3.8) is 0 Å². The molecule has 1 unspecified atom stereocenters. The first kappa shape index (κ1) is 11.3. The first-order valence-electron chi connectivity index (χ1n) is 4.49. The van der Waals surface area contributed by atoms with Crippen molar-refractivity contribution >= 4 is 5.91 Å². The number of carbonyl (C=O) groups is 1. The standard InChI is InChI=1S/C8H13F3N2O/c1-5(12-4-8(9,10)11)7(14)13-6-2-3-6/h5-6,12H,2-4H2,1H3,(H,13,14). The van der Waals surface area contributed by atoms with Crippen LogP contribution in [0.3, 0.4) is 0 Å². The summed E-state index contributed by atoms with van der Waals surface area (Å²) in [5.74, 6) is -0.364. The molecule has 1 aliphatic carbocycles. The van der Waals surface area contributed by atoms with E-state index in [1.54, 1.807) is 0 Å². The molecule has 1 saturated carbocycles. The highest BCUT2D eigenvalue weighted by Crippen LogP contribution is 2.18. The van der Waals surface area contributed by atoms with Gasteiger partial charge in [0, 0.05) is 6.04 Å². The van der Waals surface area contributed by atoms with Crippen LogP contribution in [0.15, 0.2) is 0 Å². The highest BCUT2D eigenvalue weighted by molar-refractivity contribution is 5.81. The Kier molecular flexibility index (Phi) is 3.36. The van der Waals surface area contributed by atoms with Gasteiger partial charge in [0.15, 0.2) is 0 Å². The van der Waals surface area contributed by atoms with E-state index in [0.717, 1.165) is 12.8 Å². The van der Waals surface area contributed by atoms with E-state index in [4.69, 9.17) is 0 Å². The van der Waals surface area contributed by atoms with Gasteiger partial charge in [-0.05, 0) is 19.8 Å². The van der Waals surface area contributed by atoms with Crippen LogP contribution in [0.5, 0.6) is 0 Å². The third kappa shape index (κ3) is 4.45. The molecule has 0 aromatic rings. The number of carbonyl (C=O) groups excluding carboxylic acids is 1. The molecular formula is C8H13F3N2O. The smallest absolute Gasteiger partial charge is 0.352 e. The van der Waals surface area contributed by atoms with E-state index in [9.17, 15) is 18.0 Å². The van der Waals surface area contributed by atoms with Crippen molar-refractivity contribution in [2.24, 2.45) is 0 Å². The normalized spacial score (nSPS) is 19.1. The lowest BCUT2D eigenvalue weighted by Crippen LogP contribution is -2.46. The summed E-state index contributed by atoms with van der Waals surface area (Å²) in [6.45, 7) is 0.287. The number of nitrogens with one attached hydrogen (secondary N) is 2. The number of halogens is 3. The number of alkyl halides is 3. The Morgan fingerprint density at radius 2 is 2.07 bits per heavy atom. The van der Waals surface area contributed by atoms with E-state index in [1.165, 1.54) is 6.92 Å². The van der Waals surface area contributed by atoms with Gasteiger partial charge in [-0.3, -0.25) is 10.1 Å². The second-order valence-electron chi connectivity index (χ2n) is 3.50. The van der Waals surface area contributed by atoms with Crippen molar-refractivity contribution < 1.29 is 18.0 Å². The molecule has 0 saturated heterocycles. The van der Waals surface area contributed by atoms with Crippen LogP contribution in [-0.2, 0) is 4.79 Å². The molecule has 0 aromatic carbocycles. The van der Waals surface area contributed by atoms with Crippen LogP contribution in [0.25, 0.3) is 0 Å². The second-order valence-corrected chi connectivity index (χ2v) is 3.50. The average Bonchev–Trinajstić information content (AvgIpc) is 2.82.